The zero-order valence-corrected chi connectivity index (χ0v) is 17.1. The van der Waals surface area contributed by atoms with Crippen LogP contribution in [0, 0.1) is 0 Å². The Morgan fingerprint density at radius 3 is 2.56 bits per heavy atom. The Balaban J connectivity index is 1.42. The van der Waals surface area contributed by atoms with Crippen molar-refractivity contribution in [1.82, 2.24) is 15.5 Å². The fourth-order valence-corrected chi connectivity index (χ4v) is 3.90. The van der Waals surface area contributed by atoms with E-state index in [-0.39, 0.29) is 0 Å². The number of guanidine groups is 1. The quantitative estimate of drug-likeness (QED) is 0.567. The summed E-state index contributed by atoms with van der Waals surface area (Å²) in [6.07, 6.45) is 0. The lowest BCUT2D eigenvalue weighted by molar-refractivity contribution is 0.0342. The van der Waals surface area contributed by atoms with Crippen molar-refractivity contribution >= 4 is 17.3 Å². The van der Waals surface area contributed by atoms with Gasteiger partial charge in [0.2, 0.25) is 0 Å². The third-order valence-electron chi connectivity index (χ3n) is 4.82. The lowest BCUT2D eigenvalue weighted by Gasteiger charge is -2.26. The van der Waals surface area contributed by atoms with Gasteiger partial charge >= 0.3 is 0 Å². The highest BCUT2D eigenvalue weighted by molar-refractivity contribution is 7.10. The maximum Gasteiger partial charge on any atom is 0.191 e. The van der Waals surface area contributed by atoms with Gasteiger partial charge in [-0.15, -0.1) is 11.3 Å². The van der Waals surface area contributed by atoms with Crippen LogP contribution >= 0.6 is 11.3 Å². The minimum Gasteiger partial charge on any atom is -0.379 e. The first-order valence-electron chi connectivity index (χ1n) is 9.60. The Morgan fingerprint density at radius 2 is 1.89 bits per heavy atom. The first-order chi connectivity index (χ1) is 13.2. The summed E-state index contributed by atoms with van der Waals surface area (Å²) in [5.41, 5.74) is 2.61. The topological polar surface area (TPSA) is 48.9 Å². The number of nitrogens with zero attached hydrogens (tertiary/aromatic N) is 2. The van der Waals surface area contributed by atoms with Crippen LogP contribution in [0.25, 0.3) is 0 Å². The smallest absolute Gasteiger partial charge is 0.191 e. The Kier molecular flexibility index (Phi) is 7.68. The van der Waals surface area contributed by atoms with Gasteiger partial charge in [-0.3, -0.25) is 9.89 Å². The van der Waals surface area contributed by atoms with E-state index in [1.165, 1.54) is 16.0 Å². The Morgan fingerprint density at radius 1 is 1.15 bits per heavy atom. The second kappa shape index (κ2) is 10.4. The van der Waals surface area contributed by atoms with Crippen LogP contribution in [0.5, 0.6) is 0 Å². The molecule has 1 saturated heterocycles. The van der Waals surface area contributed by atoms with Gasteiger partial charge < -0.3 is 15.4 Å². The van der Waals surface area contributed by atoms with E-state index in [4.69, 9.17) is 4.74 Å². The average Bonchev–Trinajstić information content (AvgIpc) is 3.25. The van der Waals surface area contributed by atoms with Crippen LogP contribution in [-0.2, 0) is 17.8 Å². The number of nitrogens with one attached hydrogen (secondary N) is 2. The molecule has 146 valence electrons. The lowest BCUT2D eigenvalue weighted by Crippen LogP contribution is -2.38. The van der Waals surface area contributed by atoms with Gasteiger partial charge in [0.05, 0.1) is 13.2 Å². The molecule has 0 aliphatic carbocycles. The highest BCUT2D eigenvalue weighted by Gasteiger charge is 2.11. The molecule has 0 spiro atoms. The highest BCUT2D eigenvalue weighted by atomic mass is 32.1. The second-order valence-electron chi connectivity index (χ2n) is 6.93. The summed E-state index contributed by atoms with van der Waals surface area (Å²) in [5.74, 6) is 1.32. The molecule has 1 aliphatic heterocycles. The Labute approximate surface area is 166 Å². The second-order valence-corrected chi connectivity index (χ2v) is 7.91. The molecule has 0 radical (unpaired) electrons. The van der Waals surface area contributed by atoms with Crippen molar-refractivity contribution in [2.75, 3.05) is 39.9 Å². The number of thiophene rings is 1. The van der Waals surface area contributed by atoms with Crippen LogP contribution in [0.15, 0.2) is 46.8 Å². The van der Waals surface area contributed by atoms with Gasteiger partial charge in [0, 0.05) is 50.6 Å². The zero-order valence-electron chi connectivity index (χ0n) is 16.3. The number of aliphatic imine (C=N–C) groups is 1. The molecule has 1 aliphatic rings. The molecule has 27 heavy (non-hydrogen) atoms. The predicted octanol–water partition coefficient (Wildman–Crippen LogP) is 3.05. The molecule has 1 fully saturated rings. The van der Waals surface area contributed by atoms with Crippen LogP contribution < -0.4 is 10.6 Å². The van der Waals surface area contributed by atoms with Crippen molar-refractivity contribution in [2.45, 2.75) is 25.9 Å². The van der Waals surface area contributed by atoms with E-state index in [2.05, 4.69) is 69.2 Å². The van der Waals surface area contributed by atoms with E-state index >= 15 is 0 Å². The molecular formula is C21H30N4OS. The third kappa shape index (κ3) is 6.34. The molecule has 5 nitrogen and oxygen atoms in total. The van der Waals surface area contributed by atoms with Crippen LogP contribution in [0.3, 0.4) is 0 Å². The van der Waals surface area contributed by atoms with Gasteiger partial charge in [-0.25, -0.2) is 0 Å². The van der Waals surface area contributed by atoms with E-state index < -0.39 is 0 Å². The molecule has 1 atom stereocenters. The predicted molar refractivity (Wildman–Crippen MR) is 113 cm³/mol. The highest BCUT2D eigenvalue weighted by Crippen LogP contribution is 2.19. The van der Waals surface area contributed by atoms with Gasteiger partial charge in [-0.1, -0.05) is 37.3 Å². The van der Waals surface area contributed by atoms with E-state index in [1.807, 2.05) is 7.05 Å². The van der Waals surface area contributed by atoms with Gasteiger partial charge in [-0.2, -0.15) is 0 Å². The number of hydrogen-bond acceptors (Lipinski definition) is 4. The van der Waals surface area contributed by atoms with Crippen molar-refractivity contribution in [3.63, 3.8) is 0 Å². The molecule has 0 bridgehead atoms. The number of hydrogen-bond donors (Lipinski definition) is 2. The normalized spacial score (nSPS) is 16.9. The van der Waals surface area contributed by atoms with Gasteiger partial charge in [0.15, 0.2) is 5.96 Å². The SMILES string of the molecule is CN=C(NCc1ccc(CN2CCOCC2)cc1)NCC(C)c1cccs1. The van der Waals surface area contributed by atoms with Crippen LogP contribution in [0.4, 0.5) is 0 Å². The zero-order chi connectivity index (χ0) is 18.9. The largest absolute Gasteiger partial charge is 0.379 e. The number of ether oxygens (including phenoxy) is 1. The molecule has 2 heterocycles. The van der Waals surface area contributed by atoms with Crippen molar-refractivity contribution in [3.05, 3.63) is 57.8 Å². The molecule has 0 amide bonds. The minimum absolute atomic E-state index is 0.475. The lowest BCUT2D eigenvalue weighted by atomic mass is 10.1. The molecule has 1 aromatic carbocycles. The van der Waals surface area contributed by atoms with Gasteiger partial charge in [0.1, 0.15) is 0 Å². The van der Waals surface area contributed by atoms with E-state index in [1.54, 1.807) is 11.3 Å². The van der Waals surface area contributed by atoms with Crippen LogP contribution in [0.1, 0.15) is 28.8 Å². The molecule has 1 unspecified atom stereocenters. The monoisotopic (exact) mass is 386 g/mol. The fourth-order valence-electron chi connectivity index (χ4n) is 3.11. The summed E-state index contributed by atoms with van der Waals surface area (Å²) in [7, 11) is 1.82. The number of benzene rings is 1. The molecule has 0 saturated carbocycles. The first kappa shape index (κ1) is 19.9. The number of morpholine rings is 1. The van der Waals surface area contributed by atoms with Crippen molar-refractivity contribution in [3.8, 4) is 0 Å². The van der Waals surface area contributed by atoms with Gasteiger partial charge in [-0.05, 0) is 22.6 Å². The summed E-state index contributed by atoms with van der Waals surface area (Å²) < 4.78 is 5.41. The summed E-state index contributed by atoms with van der Waals surface area (Å²) in [5, 5.41) is 8.95. The molecule has 2 aromatic rings. The summed E-state index contributed by atoms with van der Waals surface area (Å²) >= 11 is 1.80. The van der Waals surface area contributed by atoms with Crippen molar-refractivity contribution in [1.29, 1.82) is 0 Å². The first-order valence-corrected chi connectivity index (χ1v) is 10.5. The summed E-state index contributed by atoms with van der Waals surface area (Å²) in [6, 6.07) is 13.1. The van der Waals surface area contributed by atoms with Crippen molar-refractivity contribution < 1.29 is 4.74 Å². The summed E-state index contributed by atoms with van der Waals surface area (Å²) in [6.45, 7) is 8.62. The molecule has 6 heteroatoms. The minimum atomic E-state index is 0.475. The van der Waals surface area contributed by atoms with E-state index in [9.17, 15) is 0 Å². The molecule has 3 rings (SSSR count). The molecule has 1 aromatic heterocycles. The Bertz CT molecular complexity index is 693. The molecular weight excluding hydrogens is 356 g/mol. The van der Waals surface area contributed by atoms with Crippen LogP contribution in [-0.4, -0.2) is 50.8 Å². The fraction of sp³-hybridized carbons (Fsp3) is 0.476. The van der Waals surface area contributed by atoms with E-state index in [0.29, 0.717) is 5.92 Å². The summed E-state index contributed by atoms with van der Waals surface area (Å²) in [4.78, 5) is 8.17. The number of rotatable bonds is 7. The average molecular weight is 387 g/mol. The maximum absolute atomic E-state index is 5.41. The standard InChI is InChI=1S/C21H30N4OS/c1-17(20-4-3-13-27-20)14-23-21(22-2)24-15-18-5-7-19(8-6-18)16-25-9-11-26-12-10-25/h3-8,13,17H,9-12,14-16H2,1-2H3,(H2,22,23,24). The van der Waals surface area contributed by atoms with Crippen molar-refractivity contribution in [2.24, 2.45) is 4.99 Å². The van der Waals surface area contributed by atoms with Gasteiger partial charge in [0.25, 0.3) is 0 Å². The van der Waals surface area contributed by atoms with E-state index in [0.717, 1.165) is 51.9 Å². The maximum atomic E-state index is 5.41. The Hall–Kier alpha value is -1.89. The molecule has 2 N–H and O–H groups in total. The van der Waals surface area contributed by atoms with Crippen LogP contribution in [0.2, 0.25) is 0 Å². The third-order valence-corrected chi connectivity index (χ3v) is 5.92.